The summed E-state index contributed by atoms with van der Waals surface area (Å²) in [6.07, 6.45) is 0. The van der Waals surface area contributed by atoms with E-state index in [1.54, 1.807) is 0 Å². The molecule has 0 spiro atoms. The van der Waals surface area contributed by atoms with Crippen LogP contribution in [0.3, 0.4) is 0 Å². The third-order valence-corrected chi connectivity index (χ3v) is 5.07. The summed E-state index contributed by atoms with van der Waals surface area (Å²) in [7, 11) is 8.21. The Kier molecular flexibility index (Phi) is 4.74. The Morgan fingerprint density at radius 2 is 1.18 bits per heavy atom. The molecule has 28 heavy (non-hydrogen) atoms. The molecule has 0 unspecified atom stereocenters. The lowest BCUT2D eigenvalue weighted by Gasteiger charge is -2.21. The van der Waals surface area contributed by atoms with Crippen molar-refractivity contribution in [2.45, 2.75) is 6.04 Å². The van der Waals surface area contributed by atoms with E-state index in [1.807, 2.05) is 22.9 Å². The van der Waals surface area contributed by atoms with Gasteiger partial charge in [0.2, 0.25) is 0 Å². The number of para-hydroxylation sites is 1. The lowest BCUT2D eigenvalue weighted by atomic mass is 9.97. The van der Waals surface area contributed by atoms with Crippen LogP contribution in [0.4, 0.5) is 11.4 Å². The van der Waals surface area contributed by atoms with E-state index in [0.717, 1.165) is 11.0 Å². The number of nitrogens with zero attached hydrogens (tertiary/aromatic N) is 5. The number of hydrogen-bond acceptors (Lipinski definition) is 4. The minimum absolute atomic E-state index is 0.0418. The fraction of sp³-hybridized carbons (Fsp3) is 0.217. The number of hydrogen-bond donors (Lipinski definition) is 0. The maximum absolute atomic E-state index is 4.51. The second-order valence-corrected chi connectivity index (χ2v) is 7.40. The normalized spacial score (nSPS) is 11.2. The summed E-state index contributed by atoms with van der Waals surface area (Å²) in [4.78, 5) is 4.21. The van der Waals surface area contributed by atoms with Crippen LogP contribution in [0.2, 0.25) is 0 Å². The van der Waals surface area contributed by atoms with Gasteiger partial charge in [0.25, 0.3) is 0 Å². The molecule has 0 aliphatic rings. The summed E-state index contributed by atoms with van der Waals surface area (Å²) in [6.45, 7) is 0. The van der Waals surface area contributed by atoms with Gasteiger partial charge in [0.05, 0.1) is 5.52 Å². The molecule has 0 radical (unpaired) electrons. The summed E-state index contributed by atoms with van der Waals surface area (Å²) in [6, 6.07) is 25.4. The van der Waals surface area contributed by atoms with Crippen molar-refractivity contribution >= 4 is 22.4 Å². The Bertz CT molecular complexity index is 1010. The molecule has 0 aliphatic heterocycles. The van der Waals surface area contributed by atoms with Crippen molar-refractivity contribution in [1.82, 2.24) is 15.0 Å². The maximum Gasteiger partial charge on any atom is 0.113 e. The minimum Gasteiger partial charge on any atom is -0.378 e. The zero-order valence-electron chi connectivity index (χ0n) is 16.7. The van der Waals surface area contributed by atoms with Crippen molar-refractivity contribution in [3.05, 3.63) is 83.9 Å². The van der Waals surface area contributed by atoms with Gasteiger partial charge in [-0.1, -0.05) is 41.6 Å². The summed E-state index contributed by atoms with van der Waals surface area (Å²) in [5, 5.41) is 8.89. The van der Waals surface area contributed by atoms with Gasteiger partial charge < -0.3 is 9.80 Å². The first-order valence-electron chi connectivity index (χ1n) is 9.39. The van der Waals surface area contributed by atoms with Crippen LogP contribution in [0.15, 0.2) is 72.8 Å². The van der Waals surface area contributed by atoms with Gasteiger partial charge in [0.1, 0.15) is 11.6 Å². The Morgan fingerprint density at radius 3 is 1.68 bits per heavy atom. The van der Waals surface area contributed by atoms with E-state index in [4.69, 9.17) is 0 Å². The molecule has 5 heteroatoms. The van der Waals surface area contributed by atoms with Crippen molar-refractivity contribution < 1.29 is 0 Å². The number of anilines is 2. The van der Waals surface area contributed by atoms with Crippen LogP contribution in [0.1, 0.15) is 17.2 Å². The van der Waals surface area contributed by atoms with Gasteiger partial charge >= 0.3 is 0 Å². The average molecular weight is 371 g/mol. The lowest BCUT2D eigenvalue weighted by Crippen LogP contribution is -2.15. The van der Waals surface area contributed by atoms with Crippen LogP contribution in [0.25, 0.3) is 11.0 Å². The first-order valence-corrected chi connectivity index (χ1v) is 9.39. The predicted octanol–water partition coefficient (Wildman–Crippen LogP) is 4.20. The second-order valence-electron chi connectivity index (χ2n) is 7.40. The molecule has 0 saturated carbocycles. The van der Waals surface area contributed by atoms with E-state index in [1.165, 1.54) is 22.5 Å². The Labute approximate surface area is 165 Å². The van der Waals surface area contributed by atoms with Crippen LogP contribution < -0.4 is 9.80 Å². The molecular weight excluding hydrogens is 346 g/mol. The first-order chi connectivity index (χ1) is 13.5. The summed E-state index contributed by atoms with van der Waals surface area (Å²) < 4.78 is 2.02. The van der Waals surface area contributed by atoms with Gasteiger partial charge in [-0.15, -0.1) is 5.10 Å². The van der Waals surface area contributed by atoms with Crippen molar-refractivity contribution in [2.75, 3.05) is 38.0 Å². The highest BCUT2D eigenvalue weighted by molar-refractivity contribution is 5.74. The third kappa shape index (κ3) is 3.31. The van der Waals surface area contributed by atoms with Gasteiger partial charge in [-0.3, -0.25) is 0 Å². The summed E-state index contributed by atoms with van der Waals surface area (Å²) in [5.74, 6) is 0. The molecule has 5 nitrogen and oxygen atoms in total. The molecule has 3 aromatic carbocycles. The van der Waals surface area contributed by atoms with Crippen LogP contribution >= 0.6 is 0 Å². The molecular formula is C23H25N5. The SMILES string of the molecule is CN(C)c1ccc(C(c2ccc(N(C)C)cc2)n2nnc3ccccc32)cc1. The van der Waals surface area contributed by atoms with Gasteiger partial charge in [0, 0.05) is 39.6 Å². The first kappa shape index (κ1) is 18.0. The molecule has 0 aliphatic carbocycles. The fourth-order valence-electron chi connectivity index (χ4n) is 3.46. The van der Waals surface area contributed by atoms with Crippen LogP contribution in [0.5, 0.6) is 0 Å². The van der Waals surface area contributed by atoms with E-state index in [9.17, 15) is 0 Å². The topological polar surface area (TPSA) is 37.2 Å². The van der Waals surface area contributed by atoms with Crippen LogP contribution in [-0.2, 0) is 0 Å². The average Bonchev–Trinajstić information content (AvgIpc) is 3.13. The standard InChI is InChI=1S/C23H25N5/c1-26(2)19-13-9-17(10-14-19)23(18-11-15-20(16-12-18)27(3)4)28-22-8-6-5-7-21(22)24-25-28/h5-16,23H,1-4H3. The molecule has 0 N–H and O–H groups in total. The van der Waals surface area contributed by atoms with E-state index < -0.39 is 0 Å². The van der Waals surface area contributed by atoms with Gasteiger partial charge in [-0.2, -0.15) is 0 Å². The number of benzene rings is 3. The monoisotopic (exact) mass is 371 g/mol. The van der Waals surface area contributed by atoms with Gasteiger partial charge in [-0.25, -0.2) is 4.68 Å². The molecule has 1 heterocycles. The van der Waals surface area contributed by atoms with Crippen molar-refractivity contribution in [3.8, 4) is 0 Å². The quantitative estimate of drug-likeness (QED) is 0.527. The zero-order valence-corrected chi connectivity index (χ0v) is 16.7. The Hall–Kier alpha value is -3.34. The van der Waals surface area contributed by atoms with Crippen molar-refractivity contribution in [2.24, 2.45) is 0 Å². The molecule has 4 aromatic rings. The van der Waals surface area contributed by atoms with E-state index in [-0.39, 0.29) is 6.04 Å². The highest BCUT2D eigenvalue weighted by atomic mass is 15.4. The molecule has 0 saturated heterocycles. The van der Waals surface area contributed by atoms with E-state index >= 15 is 0 Å². The smallest absolute Gasteiger partial charge is 0.113 e. The molecule has 4 rings (SSSR count). The Morgan fingerprint density at radius 1 is 0.679 bits per heavy atom. The summed E-state index contributed by atoms with van der Waals surface area (Å²) in [5.41, 5.74) is 6.64. The Balaban J connectivity index is 1.85. The minimum atomic E-state index is -0.0418. The lowest BCUT2D eigenvalue weighted by molar-refractivity contribution is 0.589. The molecule has 142 valence electrons. The molecule has 0 bridgehead atoms. The van der Waals surface area contributed by atoms with Crippen molar-refractivity contribution in [1.29, 1.82) is 0 Å². The fourth-order valence-corrected chi connectivity index (χ4v) is 3.46. The predicted molar refractivity (Wildman–Crippen MR) is 116 cm³/mol. The number of aromatic nitrogens is 3. The third-order valence-electron chi connectivity index (χ3n) is 5.07. The molecule has 0 amide bonds. The molecule has 0 fully saturated rings. The number of rotatable bonds is 5. The highest BCUT2D eigenvalue weighted by Gasteiger charge is 2.20. The molecule has 1 aromatic heterocycles. The largest absolute Gasteiger partial charge is 0.378 e. The van der Waals surface area contributed by atoms with Gasteiger partial charge in [0.15, 0.2) is 0 Å². The second kappa shape index (κ2) is 7.35. The molecule has 0 atom stereocenters. The van der Waals surface area contributed by atoms with Crippen molar-refractivity contribution in [3.63, 3.8) is 0 Å². The van der Waals surface area contributed by atoms with Crippen LogP contribution in [0, 0.1) is 0 Å². The van der Waals surface area contributed by atoms with E-state index in [0.29, 0.717) is 0 Å². The maximum atomic E-state index is 4.51. The van der Waals surface area contributed by atoms with E-state index in [2.05, 4.69) is 103 Å². The summed E-state index contributed by atoms with van der Waals surface area (Å²) >= 11 is 0. The van der Waals surface area contributed by atoms with Crippen LogP contribution in [-0.4, -0.2) is 43.2 Å². The highest BCUT2D eigenvalue weighted by Crippen LogP contribution is 2.31. The van der Waals surface area contributed by atoms with Gasteiger partial charge in [-0.05, 0) is 47.5 Å². The number of fused-ring (bicyclic) bond motifs is 1. The zero-order chi connectivity index (χ0) is 19.7.